The number of rotatable bonds is 1. The number of hydrogen-bond acceptors (Lipinski definition) is 5. The third-order valence-electron chi connectivity index (χ3n) is 2.61. The third-order valence-corrected chi connectivity index (χ3v) is 2.61. The summed E-state index contributed by atoms with van der Waals surface area (Å²) in [4.78, 5) is 6.32. The molecule has 0 spiro atoms. The average Bonchev–Trinajstić information content (AvgIpc) is 2.58. The maximum Gasteiger partial charge on any atom is 0.153 e. The summed E-state index contributed by atoms with van der Waals surface area (Å²) in [6.45, 7) is 3.09. The highest BCUT2D eigenvalue weighted by Crippen LogP contribution is 2.23. The van der Waals surface area contributed by atoms with Gasteiger partial charge < -0.3 is 15.4 Å². The summed E-state index contributed by atoms with van der Waals surface area (Å²) in [6.07, 6.45) is 2.58. The smallest absolute Gasteiger partial charge is 0.153 e. The van der Waals surface area contributed by atoms with Crippen molar-refractivity contribution in [1.82, 2.24) is 4.98 Å². The lowest BCUT2D eigenvalue weighted by Crippen LogP contribution is -2.27. The molecule has 5 nitrogen and oxygen atoms in total. The van der Waals surface area contributed by atoms with E-state index in [0.29, 0.717) is 23.7 Å². The van der Waals surface area contributed by atoms with E-state index < -0.39 is 0 Å². The molecule has 1 aliphatic rings. The molecule has 5 heteroatoms. The molecule has 1 aliphatic heterocycles. The van der Waals surface area contributed by atoms with Gasteiger partial charge in [-0.15, -0.1) is 0 Å². The Kier molecular flexibility index (Phi) is 3.22. The number of aromatic nitrogens is 1. The highest BCUT2D eigenvalue weighted by atomic mass is 16.5. The topological polar surface area (TPSA) is 75.2 Å². The molecule has 1 aromatic heterocycles. The van der Waals surface area contributed by atoms with Gasteiger partial charge in [-0.05, 0) is 12.5 Å². The van der Waals surface area contributed by atoms with Crippen LogP contribution in [-0.2, 0) is 4.74 Å². The Balaban J connectivity index is 2.28. The molecule has 1 fully saturated rings. The van der Waals surface area contributed by atoms with Crippen molar-refractivity contribution in [1.29, 1.82) is 5.26 Å². The Morgan fingerprint density at radius 3 is 3.12 bits per heavy atom. The van der Waals surface area contributed by atoms with E-state index in [-0.39, 0.29) is 0 Å². The van der Waals surface area contributed by atoms with Crippen molar-refractivity contribution in [3.8, 4) is 6.07 Å². The summed E-state index contributed by atoms with van der Waals surface area (Å²) in [7, 11) is 0. The summed E-state index contributed by atoms with van der Waals surface area (Å²) in [6, 6.07) is 3.70. The summed E-state index contributed by atoms with van der Waals surface area (Å²) < 4.78 is 5.37. The summed E-state index contributed by atoms with van der Waals surface area (Å²) in [5.41, 5.74) is 6.85. The number of ether oxygens (including phenoxy) is 1. The first-order chi connectivity index (χ1) is 7.83. The molecular formula is C11H14N4O. The molecule has 1 saturated heterocycles. The number of nitrogen functional groups attached to an aromatic ring is 1. The van der Waals surface area contributed by atoms with Crippen LogP contribution in [0.3, 0.4) is 0 Å². The minimum Gasteiger partial charge on any atom is -0.395 e. The standard InChI is InChI=1S/C11H14N4O/c12-8-9-2-3-14-11(10(9)13)15-4-1-6-16-7-5-15/h2-3H,1,4-7,13H2. The van der Waals surface area contributed by atoms with Gasteiger partial charge >= 0.3 is 0 Å². The number of nitriles is 1. The number of hydrogen-bond donors (Lipinski definition) is 1. The van der Waals surface area contributed by atoms with Crippen LogP contribution in [0.2, 0.25) is 0 Å². The van der Waals surface area contributed by atoms with Crippen LogP contribution < -0.4 is 10.6 Å². The summed E-state index contributed by atoms with van der Waals surface area (Å²) >= 11 is 0. The van der Waals surface area contributed by atoms with Gasteiger partial charge in [-0.1, -0.05) is 0 Å². The SMILES string of the molecule is N#Cc1ccnc(N2CCCOCC2)c1N. The molecule has 0 atom stereocenters. The molecule has 2 heterocycles. The van der Waals surface area contributed by atoms with E-state index in [1.807, 2.05) is 0 Å². The van der Waals surface area contributed by atoms with Gasteiger partial charge in [-0.2, -0.15) is 5.26 Å². The van der Waals surface area contributed by atoms with Crippen LogP contribution in [0, 0.1) is 11.3 Å². The minimum absolute atomic E-state index is 0.465. The zero-order valence-electron chi connectivity index (χ0n) is 9.02. The van der Waals surface area contributed by atoms with Crippen LogP contribution in [0.25, 0.3) is 0 Å². The van der Waals surface area contributed by atoms with E-state index in [9.17, 15) is 0 Å². The lowest BCUT2D eigenvalue weighted by molar-refractivity contribution is 0.152. The molecule has 16 heavy (non-hydrogen) atoms. The fourth-order valence-electron chi connectivity index (χ4n) is 1.77. The first-order valence-electron chi connectivity index (χ1n) is 5.30. The van der Waals surface area contributed by atoms with E-state index in [1.165, 1.54) is 0 Å². The molecule has 0 saturated carbocycles. The summed E-state index contributed by atoms with van der Waals surface area (Å²) in [5, 5.41) is 8.90. The molecule has 0 radical (unpaired) electrons. The lowest BCUT2D eigenvalue weighted by atomic mass is 10.2. The lowest BCUT2D eigenvalue weighted by Gasteiger charge is -2.22. The Labute approximate surface area is 94.4 Å². The first-order valence-corrected chi connectivity index (χ1v) is 5.30. The highest BCUT2D eigenvalue weighted by Gasteiger charge is 2.15. The average molecular weight is 218 g/mol. The van der Waals surface area contributed by atoms with Crippen molar-refractivity contribution in [3.05, 3.63) is 17.8 Å². The van der Waals surface area contributed by atoms with E-state index in [4.69, 9.17) is 15.7 Å². The van der Waals surface area contributed by atoms with Gasteiger partial charge in [0, 0.05) is 25.9 Å². The Morgan fingerprint density at radius 2 is 2.31 bits per heavy atom. The largest absolute Gasteiger partial charge is 0.395 e. The quantitative estimate of drug-likeness (QED) is 0.753. The second kappa shape index (κ2) is 4.81. The predicted molar refractivity (Wildman–Crippen MR) is 61.0 cm³/mol. The second-order valence-corrected chi connectivity index (χ2v) is 3.66. The normalized spacial score (nSPS) is 16.6. The van der Waals surface area contributed by atoms with Crippen LogP contribution in [0.1, 0.15) is 12.0 Å². The number of nitrogens with two attached hydrogens (primary N) is 1. The van der Waals surface area contributed by atoms with Gasteiger partial charge in [0.25, 0.3) is 0 Å². The zero-order chi connectivity index (χ0) is 11.4. The highest BCUT2D eigenvalue weighted by molar-refractivity contribution is 5.69. The molecule has 0 aromatic carbocycles. The predicted octanol–water partition coefficient (Wildman–Crippen LogP) is 0.762. The molecule has 0 unspecified atom stereocenters. The van der Waals surface area contributed by atoms with Crippen LogP contribution >= 0.6 is 0 Å². The number of nitrogens with zero attached hydrogens (tertiary/aromatic N) is 3. The molecule has 2 rings (SSSR count). The van der Waals surface area contributed by atoms with Gasteiger partial charge in [0.2, 0.25) is 0 Å². The molecular weight excluding hydrogens is 204 g/mol. The maximum atomic E-state index is 8.90. The van der Waals surface area contributed by atoms with Gasteiger partial charge in [-0.3, -0.25) is 0 Å². The van der Waals surface area contributed by atoms with Crippen LogP contribution in [-0.4, -0.2) is 31.3 Å². The van der Waals surface area contributed by atoms with Crippen molar-refractivity contribution in [2.24, 2.45) is 0 Å². The Morgan fingerprint density at radius 1 is 1.44 bits per heavy atom. The van der Waals surface area contributed by atoms with Gasteiger partial charge in [0.1, 0.15) is 6.07 Å². The molecule has 2 N–H and O–H groups in total. The van der Waals surface area contributed by atoms with Crippen LogP contribution in [0.5, 0.6) is 0 Å². The van der Waals surface area contributed by atoms with Gasteiger partial charge in [-0.25, -0.2) is 4.98 Å². The van der Waals surface area contributed by atoms with E-state index in [0.717, 1.165) is 26.1 Å². The minimum atomic E-state index is 0.465. The van der Waals surface area contributed by atoms with E-state index >= 15 is 0 Å². The molecule has 84 valence electrons. The van der Waals surface area contributed by atoms with Crippen LogP contribution in [0.15, 0.2) is 12.3 Å². The maximum absolute atomic E-state index is 8.90. The Bertz CT molecular complexity index is 405. The van der Waals surface area contributed by atoms with Crippen molar-refractivity contribution in [3.63, 3.8) is 0 Å². The first kappa shape index (κ1) is 10.7. The molecule has 1 aromatic rings. The van der Waals surface area contributed by atoms with Gasteiger partial charge in [0.05, 0.1) is 17.9 Å². The molecule has 0 bridgehead atoms. The molecule has 0 amide bonds. The van der Waals surface area contributed by atoms with E-state index in [2.05, 4.69) is 16.0 Å². The fourth-order valence-corrected chi connectivity index (χ4v) is 1.77. The monoisotopic (exact) mass is 218 g/mol. The zero-order valence-corrected chi connectivity index (χ0v) is 9.02. The van der Waals surface area contributed by atoms with Crippen molar-refractivity contribution >= 4 is 11.5 Å². The van der Waals surface area contributed by atoms with E-state index in [1.54, 1.807) is 12.3 Å². The van der Waals surface area contributed by atoms with Gasteiger partial charge in [0.15, 0.2) is 5.82 Å². The second-order valence-electron chi connectivity index (χ2n) is 3.66. The fraction of sp³-hybridized carbons (Fsp3) is 0.455. The number of anilines is 2. The van der Waals surface area contributed by atoms with Crippen molar-refractivity contribution in [2.45, 2.75) is 6.42 Å². The Hall–Kier alpha value is -1.80. The van der Waals surface area contributed by atoms with Crippen LogP contribution in [0.4, 0.5) is 11.5 Å². The third kappa shape index (κ3) is 2.07. The van der Waals surface area contributed by atoms with Crippen molar-refractivity contribution < 1.29 is 4.74 Å². The summed E-state index contributed by atoms with van der Waals surface area (Å²) in [5.74, 6) is 0.699. The number of pyridine rings is 1. The van der Waals surface area contributed by atoms with Crippen molar-refractivity contribution in [2.75, 3.05) is 36.9 Å². The molecule has 0 aliphatic carbocycles.